The van der Waals surface area contributed by atoms with E-state index in [9.17, 15) is 24.8 Å². The van der Waals surface area contributed by atoms with Gasteiger partial charge in [0.2, 0.25) is 0 Å². The van der Waals surface area contributed by atoms with E-state index in [1.54, 1.807) is 11.8 Å². The van der Waals surface area contributed by atoms with E-state index in [1.165, 1.54) is 18.2 Å². The molecule has 2 atom stereocenters. The SMILES string of the molecule is Cc1cc([N+](=O)[O-])ccc1C(=O)N1C[C@H](C(=O)O)[C@@H](C2CC2)C1. The summed E-state index contributed by atoms with van der Waals surface area (Å²) < 4.78 is 0. The number of nitrogens with zero attached hydrogens (tertiary/aromatic N) is 2. The molecule has 122 valence electrons. The number of non-ortho nitro benzene ring substituents is 1. The zero-order valence-corrected chi connectivity index (χ0v) is 12.8. The molecule has 1 aromatic rings. The molecule has 0 radical (unpaired) electrons. The largest absolute Gasteiger partial charge is 0.481 e. The van der Waals surface area contributed by atoms with Gasteiger partial charge < -0.3 is 10.0 Å². The van der Waals surface area contributed by atoms with E-state index in [-0.39, 0.29) is 24.1 Å². The van der Waals surface area contributed by atoms with Gasteiger partial charge in [-0.15, -0.1) is 0 Å². The zero-order chi connectivity index (χ0) is 16.7. The molecular formula is C16H18N2O5. The second-order valence-electron chi connectivity index (χ2n) is 6.41. The van der Waals surface area contributed by atoms with Crippen LogP contribution in [0.2, 0.25) is 0 Å². The van der Waals surface area contributed by atoms with Crippen molar-refractivity contribution in [2.75, 3.05) is 13.1 Å². The fourth-order valence-corrected chi connectivity index (χ4v) is 3.43. The van der Waals surface area contributed by atoms with Crippen LogP contribution in [0.4, 0.5) is 5.69 Å². The van der Waals surface area contributed by atoms with Gasteiger partial charge in [-0.05, 0) is 43.2 Å². The average molecular weight is 318 g/mol. The van der Waals surface area contributed by atoms with Gasteiger partial charge in [-0.3, -0.25) is 19.7 Å². The Balaban J connectivity index is 1.81. The minimum Gasteiger partial charge on any atom is -0.481 e. The van der Waals surface area contributed by atoms with Crippen LogP contribution in [0.15, 0.2) is 18.2 Å². The number of carbonyl (C=O) groups is 2. The molecule has 1 saturated heterocycles. The van der Waals surface area contributed by atoms with Crippen LogP contribution >= 0.6 is 0 Å². The van der Waals surface area contributed by atoms with Crippen molar-refractivity contribution in [1.29, 1.82) is 0 Å². The maximum absolute atomic E-state index is 12.7. The number of aliphatic carboxylic acids is 1. The van der Waals surface area contributed by atoms with Crippen molar-refractivity contribution >= 4 is 17.6 Å². The Hall–Kier alpha value is -2.44. The average Bonchev–Trinajstić information content (AvgIpc) is 3.24. The summed E-state index contributed by atoms with van der Waals surface area (Å²) in [6, 6.07) is 4.13. The molecule has 0 aromatic heterocycles. The molecule has 7 heteroatoms. The van der Waals surface area contributed by atoms with Gasteiger partial charge in [0.05, 0.1) is 10.8 Å². The molecule has 23 heavy (non-hydrogen) atoms. The lowest BCUT2D eigenvalue weighted by Gasteiger charge is -2.17. The normalized spacial score (nSPS) is 23.8. The number of carbonyl (C=O) groups excluding carboxylic acids is 1. The predicted octanol–water partition coefficient (Wildman–Crippen LogP) is 2.09. The predicted molar refractivity (Wildman–Crippen MR) is 81.1 cm³/mol. The van der Waals surface area contributed by atoms with Gasteiger partial charge in [0.25, 0.3) is 11.6 Å². The van der Waals surface area contributed by atoms with Gasteiger partial charge in [-0.25, -0.2) is 0 Å². The van der Waals surface area contributed by atoms with Crippen molar-refractivity contribution in [3.05, 3.63) is 39.4 Å². The molecule has 7 nitrogen and oxygen atoms in total. The van der Waals surface area contributed by atoms with Crippen LogP contribution in [-0.2, 0) is 4.79 Å². The number of nitro groups is 1. The molecule has 1 heterocycles. The highest BCUT2D eigenvalue weighted by Gasteiger charge is 2.47. The van der Waals surface area contributed by atoms with Crippen molar-refractivity contribution in [2.45, 2.75) is 19.8 Å². The quantitative estimate of drug-likeness (QED) is 0.676. The Morgan fingerprint density at radius 1 is 1.30 bits per heavy atom. The number of carboxylic acid groups (broad SMARTS) is 1. The van der Waals surface area contributed by atoms with Crippen molar-refractivity contribution in [1.82, 2.24) is 4.90 Å². The standard InChI is InChI=1S/C16H18N2O5/c1-9-6-11(18(22)23)4-5-12(9)15(19)17-7-13(10-2-3-10)14(8-17)16(20)21/h4-6,10,13-14H,2-3,7-8H2,1H3,(H,20,21)/t13-,14+/m1/s1. The maximum Gasteiger partial charge on any atom is 0.308 e. The highest BCUT2D eigenvalue weighted by atomic mass is 16.6. The minimum absolute atomic E-state index is 0.0230. The first-order valence-corrected chi connectivity index (χ1v) is 7.65. The summed E-state index contributed by atoms with van der Waals surface area (Å²) >= 11 is 0. The summed E-state index contributed by atoms with van der Waals surface area (Å²) in [5.74, 6) is -1.17. The van der Waals surface area contributed by atoms with Crippen LogP contribution in [0.1, 0.15) is 28.8 Å². The molecule has 1 amide bonds. The number of nitro benzene ring substituents is 1. The first-order chi connectivity index (χ1) is 10.9. The molecule has 2 fully saturated rings. The highest BCUT2D eigenvalue weighted by molar-refractivity contribution is 5.96. The molecule has 1 aliphatic heterocycles. The first-order valence-electron chi connectivity index (χ1n) is 7.65. The summed E-state index contributed by atoms with van der Waals surface area (Å²) in [6.45, 7) is 2.33. The Bertz CT molecular complexity index is 683. The van der Waals surface area contributed by atoms with E-state index in [2.05, 4.69) is 0 Å². The smallest absolute Gasteiger partial charge is 0.308 e. The third kappa shape index (κ3) is 2.91. The molecular weight excluding hydrogens is 300 g/mol. The summed E-state index contributed by atoms with van der Waals surface area (Å²) in [5, 5.41) is 20.1. The van der Waals surface area contributed by atoms with Crippen molar-refractivity contribution in [3.63, 3.8) is 0 Å². The number of rotatable bonds is 4. The molecule has 1 aromatic carbocycles. The van der Waals surface area contributed by atoms with Gasteiger partial charge in [-0.1, -0.05) is 0 Å². The van der Waals surface area contributed by atoms with Crippen molar-refractivity contribution in [2.24, 2.45) is 17.8 Å². The summed E-state index contributed by atoms with van der Waals surface area (Å²) in [6.07, 6.45) is 2.07. The van der Waals surface area contributed by atoms with Gasteiger partial charge in [0.1, 0.15) is 0 Å². The molecule has 0 unspecified atom stereocenters. The minimum atomic E-state index is -0.849. The van der Waals surface area contributed by atoms with E-state index in [4.69, 9.17) is 0 Å². The molecule has 0 spiro atoms. The fourth-order valence-electron chi connectivity index (χ4n) is 3.43. The van der Waals surface area contributed by atoms with Gasteiger partial charge in [0, 0.05) is 30.8 Å². The van der Waals surface area contributed by atoms with E-state index >= 15 is 0 Å². The number of likely N-dealkylation sites (tertiary alicyclic amines) is 1. The monoisotopic (exact) mass is 318 g/mol. The maximum atomic E-state index is 12.7. The van der Waals surface area contributed by atoms with E-state index in [1.807, 2.05) is 0 Å². The van der Waals surface area contributed by atoms with Gasteiger partial charge in [0.15, 0.2) is 0 Å². The topological polar surface area (TPSA) is 101 Å². The van der Waals surface area contributed by atoms with E-state index in [0.29, 0.717) is 23.6 Å². The number of benzene rings is 1. The van der Waals surface area contributed by atoms with E-state index < -0.39 is 16.8 Å². The molecule has 2 aliphatic rings. The second kappa shape index (κ2) is 5.64. The molecule has 1 aliphatic carbocycles. The Kier molecular flexibility index (Phi) is 3.79. The second-order valence-corrected chi connectivity index (χ2v) is 6.41. The molecule has 3 rings (SSSR count). The van der Waals surface area contributed by atoms with Crippen LogP contribution in [0.3, 0.4) is 0 Å². The van der Waals surface area contributed by atoms with E-state index in [0.717, 1.165) is 12.8 Å². The number of carboxylic acids is 1. The van der Waals surface area contributed by atoms with Crippen molar-refractivity contribution in [3.8, 4) is 0 Å². The van der Waals surface area contributed by atoms with Crippen LogP contribution in [0.25, 0.3) is 0 Å². The first kappa shape index (κ1) is 15.5. The number of hydrogen-bond donors (Lipinski definition) is 1. The molecule has 0 bridgehead atoms. The summed E-state index contributed by atoms with van der Waals surface area (Å²) in [4.78, 5) is 35.9. The number of amides is 1. The zero-order valence-electron chi connectivity index (χ0n) is 12.8. The Labute approximate surface area is 133 Å². The van der Waals surface area contributed by atoms with Crippen LogP contribution in [-0.4, -0.2) is 39.9 Å². The lowest BCUT2D eigenvalue weighted by molar-refractivity contribution is -0.384. The Morgan fingerprint density at radius 2 is 2.00 bits per heavy atom. The lowest BCUT2D eigenvalue weighted by Crippen LogP contribution is -2.30. The third-order valence-electron chi connectivity index (χ3n) is 4.85. The fraction of sp³-hybridized carbons (Fsp3) is 0.500. The van der Waals surface area contributed by atoms with Crippen LogP contribution in [0.5, 0.6) is 0 Å². The summed E-state index contributed by atoms with van der Waals surface area (Å²) in [5.41, 5.74) is 0.877. The van der Waals surface area contributed by atoms with Crippen LogP contribution in [0, 0.1) is 34.8 Å². The third-order valence-corrected chi connectivity index (χ3v) is 4.85. The lowest BCUT2D eigenvalue weighted by atomic mass is 9.92. The molecule has 1 saturated carbocycles. The van der Waals surface area contributed by atoms with Gasteiger partial charge in [-0.2, -0.15) is 0 Å². The van der Waals surface area contributed by atoms with Crippen molar-refractivity contribution < 1.29 is 19.6 Å². The Morgan fingerprint density at radius 3 is 2.52 bits per heavy atom. The number of hydrogen-bond acceptors (Lipinski definition) is 4. The van der Waals surface area contributed by atoms with Crippen LogP contribution < -0.4 is 0 Å². The summed E-state index contributed by atoms with van der Waals surface area (Å²) in [7, 11) is 0. The van der Waals surface area contributed by atoms with Gasteiger partial charge >= 0.3 is 5.97 Å². The highest BCUT2D eigenvalue weighted by Crippen LogP contribution is 2.44. The molecule has 1 N–H and O–H groups in total. The number of aryl methyl sites for hydroxylation is 1.